The predicted molar refractivity (Wildman–Crippen MR) is 114 cm³/mol. The molecule has 2 aromatic heterocycles. The lowest BCUT2D eigenvalue weighted by molar-refractivity contribution is 0.0453. The molecule has 3 aromatic rings. The molecule has 3 rings (SSSR count). The van der Waals surface area contributed by atoms with Crippen LogP contribution in [-0.2, 0) is 22.6 Å². The minimum Gasteiger partial charge on any atom is -0.379 e. The van der Waals surface area contributed by atoms with Crippen molar-refractivity contribution < 1.29 is 14.3 Å². The molecule has 0 unspecified atom stereocenters. The van der Waals surface area contributed by atoms with Gasteiger partial charge in [0.05, 0.1) is 29.0 Å². The summed E-state index contributed by atoms with van der Waals surface area (Å²) in [6.07, 6.45) is 0. The number of carbonyl (C=O) groups excluding carboxylic acids is 1. The molecular weight excluding hydrogens is 416 g/mol. The van der Waals surface area contributed by atoms with Crippen LogP contribution in [0.1, 0.15) is 28.5 Å². The Morgan fingerprint density at radius 1 is 1.18 bits per heavy atom. The molecule has 0 fully saturated rings. The Hall–Kier alpha value is -1.77. The number of ether oxygens (including phenoxy) is 2. The van der Waals surface area contributed by atoms with E-state index in [0.717, 1.165) is 21.0 Å². The molecule has 0 radical (unpaired) electrons. The molecule has 1 N–H and O–H groups in total. The van der Waals surface area contributed by atoms with Gasteiger partial charge in [0.1, 0.15) is 10.7 Å². The fourth-order valence-electron chi connectivity index (χ4n) is 2.47. The number of rotatable bonds is 10. The van der Waals surface area contributed by atoms with Gasteiger partial charge in [0, 0.05) is 18.5 Å². The van der Waals surface area contributed by atoms with E-state index in [9.17, 15) is 4.79 Å². The summed E-state index contributed by atoms with van der Waals surface area (Å²) in [5, 5.41) is 5.48. The van der Waals surface area contributed by atoms with Crippen LogP contribution < -0.4 is 5.32 Å². The van der Waals surface area contributed by atoms with Gasteiger partial charge < -0.3 is 14.8 Å². The quantitative estimate of drug-likeness (QED) is 0.454. The van der Waals surface area contributed by atoms with Crippen molar-refractivity contribution in [3.63, 3.8) is 0 Å². The lowest BCUT2D eigenvalue weighted by Gasteiger charge is -2.08. The third-order valence-electron chi connectivity index (χ3n) is 3.81. The molecule has 0 saturated heterocycles. The maximum atomic E-state index is 12.4. The van der Waals surface area contributed by atoms with E-state index in [2.05, 4.69) is 10.3 Å². The molecule has 148 valence electrons. The summed E-state index contributed by atoms with van der Waals surface area (Å²) in [4.78, 5) is 17.8. The first-order valence-electron chi connectivity index (χ1n) is 8.88. The van der Waals surface area contributed by atoms with Crippen LogP contribution in [0.5, 0.6) is 0 Å². The van der Waals surface area contributed by atoms with E-state index < -0.39 is 0 Å². The highest BCUT2D eigenvalue weighted by molar-refractivity contribution is 7.23. The summed E-state index contributed by atoms with van der Waals surface area (Å²) >= 11 is 8.85. The summed E-state index contributed by atoms with van der Waals surface area (Å²) in [5.74, 6) is -0.191. The molecule has 2 heterocycles. The first-order valence-corrected chi connectivity index (χ1v) is 11.0. The van der Waals surface area contributed by atoms with Gasteiger partial charge in [0.15, 0.2) is 0 Å². The van der Waals surface area contributed by atoms with Crippen LogP contribution in [-0.4, -0.2) is 30.7 Å². The number of halogens is 1. The van der Waals surface area contributed by atoms with Crippen molar-refractivity contribution in [2.24, 2.45) is 0 Å². The maximum Gasteiger partial charge on any atom is 0.271 e. The van der Waals surface area contributed by atoms with Gasteiger partial charge >= 0.3 is 0 Å². The maximum absolute atomic E-state index is 12.4. The minimum atomic E-state index is -0.191. The number of hydrogen-bond acceptors (Lipinski definition) is 6. The highest BCUT2D eigenvalue weighted by Crippen LogP contribution is 2.32. The Balaban J connectivity index is 1.50. The smallest absolute Gasteiger partial charge is 0.271 e. The van der Waals surface area contributed by atoms with Crippen LogP contribution in [0, 0.1) is 0 Å². The van der Waals surface area contributed by atoms with Crippen molar-refractivity contribution in [3.05, 3.63) is 62.9 Å². The molecule has 0 bridgehead atoms. The Morgan fingerprint density at radius 2 is 2.00 bits per heavy atom. The monoisotopic (exact) mass is 436 g/mol. The van der Waals surface area contributed by atoms with E-state index in [4.69, 9.17) is 21.1 Å². The zero-order valence-electron chi connectivity index (χ0n) is 15.4. The van der Waals surface area contributed by atoms with E-state index in [1.165, 1.54) is 22.7 Å². The van der Waals surface area contributed by atoms with Gasteiger partial charge in [-0.15, -0.1) is 22.7 Å². The number of amides is 1. The van der Waals surface area contributed by atoms with E-state index in [-0.39, 0.29) is 5.91 Å². The number of aromatic nitrogens is 1. The molecule has 0 aliphatic rings. The third-order valence-corrected chi connectivity index (χ3v) is 6.05. The molecule has 1 amide bonds. The second-order valence-corrected chi connectivity index (χ2v) is 8.47. The first-order chi connectivity index (χ1) is 13.7. The minimum absolute atomic E-state index is 0.191. The van der Waals surface area contributed by atoms with Gasteiger partial charge in [0.2, 0.25) is 0 Å². The molecular formula is C20H21ClN2O3S2. The van der Waals surface area contributed by atoms with Crippen LogP contribution in [0.2, 0.25) is 4.34 Å². The average molecular weight is 437 g/mol. The standard InChI is InChI=1S/C20H21ClN2O3S2/c1-2-25-8-9-26-12-15-5-3-4-14(10-15)11-22-19(24)16-13-27-20(23-16)17-6-7-18(21)28-17/h3-7,10,13H,2,8-9,11-12H2,1H3,(H,22,24). The summed E-state index contributed by atoms with van der Waals surface area (Å²) in [6.45, 7) is 4.77. The largest absolute Gasteiger partial charge is 0.379 e. The average Bonchev–Trinajstić information content (AvgIpc) is 3.35. The van der Waals surface area contributed by atoms with Crippen molar-refractivity contribution in [2.45, 2.75) is 20.1 Å². The number of thiophene rings is 1. The molecule has 0 aliphatic carbocycles. The second kappa shape index (κ2) is 10.7. The number of nitrogens with zero attached hydrogens (tertiary/aromatic N) is 1. The van der Waals surface area contributed by atoms with Gasteiger partial charge in [0.25, 0.3) is 5.91 Å². The SMILES string of the molecule is CCOCCOCc1cccc(CNC(=O)c2csc(-c3ccc(Cl)s3)n2)c1. The van der Waals surface area contributed by atoms with Crippen molar-refractivity contribution in [2.75, 3.05) is 19.8 Å². The molecule has 28 heavy (non-hydrogen) atoms. The molecule has 8 heteroatoms. The molecule has 0 spiro atoms. The number of nitrogens with one attached hydrogen (secondary N) is 1. The lowest BCUT2D eigenvalue weighted by Crippen LogP contribution is -2.23. The summed E-state index contributed by atoms with van der Waals surface area (Å²) in [5.41, 5.74) is 2.49. The predicted octanol–water partition coefficient (Wildman–Crippen LogP) is 5.01. The van der Waals surface area contributed by atoms with E-state index >= 15 is 0 Å². The van der Waals surface area contributed by atoms with Crippen LogP contribution in [0.15, 0.2) is 41.8 Å². The number of thiazole rings is 1. The summed E-state index contributed by atoms with van der Waals surface area (Å²) in [7, 11) is 0. The second-order valence-electron chi connectivity index (χ2n) is 5.89. The van der Waals surface area contributed by atoms with Crippen LogP contribution in [0.3, 0.4) is 0 Å². The van der Waals surface area contributed by atoms with Crippen molar-refractivity contribution in [1.82, 2.24) is 10.3 Å². The Bertz CT molecular complexity index is 910. The number of benzene rings is 1. The van der Waals surface area contributed by atoms with Gasteiger partial charge in [-0.3, -0.25) is 4.79 Å². The molecule has 0 saturated carbocycles. The molecule has 0 atom stereocenters. The van der Waals surface area contributed by atoms with Gasteiger partial charge in [-0.25, -0.2) is 4.98 Å². The zero-order chi connectivity index (χ0) is 19.8. The first kappa shape index (κ1) is 21.0. The van der Waals surface area contributed by atoms with E-state index in [0.29, 0.717) is 43.0 Å². The Morgan fingerprint density at radius 3 is 2.79 bits per heavy atom. The Kier molecular flexibility index (Phi) is 8.00. The molecule has 5 nitrogen and oxygen atoms in total. The van der Waals surface area contributed by atoms with Crippen molar-refractivity contribution in [1.29, 1.82) is 0 Å². The summed E-state index contributed by atoms with van der Waals surface area (Å²) < 4.78 is 11.5. The van der Waals surface area contributed by atoms with E-state index in [1.807, 2.05) is 43.3 Å². The van der Waals surface area contributed by atoms with Crippen LogP contribution >= 0.6 is 34.3 Å². The van der Waals surface area contributed by atoms with E-state index in [1.54, 1.807) is 5.38 Å². The van der Waals surface area contributed by atoms with Gasteiger partial charge in [-0.1, -0.05) is 35.9 Å². The highest BCUT2D eigenvalue weighted by atomic mass is 35.5. The van der Waals surface area contributed by atoms with Crippen LogP contribution in [0.4, 0.5) is 0 Å². The van der Waals surface area contributed by atoms with Crippen molar-refractivity contribution in [3.8, 4) is 9.88 Å². The fourth-order valence-corrected chi connectivity index (χ4v) is 4.39. The van der Waals surface area contributed by atoms with Crippen LogP contribution in [0.25, 0.3) is 9.88 Å². The fraction of sp³-hybridized carbons (Fsp3) is 0.300. The topological polar surface area (TPSA) is 60.5 Å². The lowest BCUT2D eigenvalue weighted by atomic mass is 10.1. The van der Waals surface area contributed by atoms with Gasteiger partial charge in [-0.05, 0) is 30.2 Å². The molecule has 1 aromatic carbocycles. The summed E-state index contributed by atoms with van der Waals surface area (Å²) in [6, 6.07) is 11.7. The van der Waals surface area contributed by atoms with Gasteiger partial charge in [-0.2, -0.15) is 0 Å². The zero-order valence-corrected chi connectivity index (χ0v) is 17.8. The number of carbonyl (C=O) groups is 1. The highest BCUT2D eigenvalue weighted by Gasteiger charge is 2.13. The normalized spacial score (nSPS) is 10.9. The third kappa shape index (κ3) is 6.12. The van der Waals surface area contributed by atoms with Crippen molar-refractivity contribution >= 4 is 40.2 Å². The molecule has 0 aliphatic heterocycles. The Labute approximate surface area is 177 Å². The number of hydrogen-bond donors (Lipinski definition) is 1.